The van der Waals surface area contributed by atoms with Gasteiger partial charge in [-0.1, -0.05) is 35.3 Å². The van der Waals surface area contributed by atoms with Gasteiger partial charge in [-0.3, -0.25) is 0 Å². The molecular weight excluding hydrogens is 355 g/mol. The van der Waals surface area contributed by atoms with Gasteiger partial charge in [0.25, 0.3) is 0 Å². The van der Waals surface area contributed by atoms with Crippen LogP contribution in [0.15, 0.2) is 47.2 Å². The van der Waals surface area contributed by atoms with E-state index in [9.17, 15) is 5.11 Å². The molecule has 0 aliphatic carbocycles. The number of rotatable bonds is 4. The first kappa shape index (κ1) is 16.0. The van der Waals surface area contributed by atoms with Gasteiger partial charge in [0.2, 0.25) is 0 Å². The smallest absolute Gasteiger partial charge is 0.0923 e. The van der Waals surface area contributed by atoms with Gasteiger partial charge in [-0.2, -0.15) is 0 Å². The fourth-order valence-electron chi connectivity index (χ4n) is 2.47. The fourth-order valence-corrected chi connectivity index (χ4v) is 4.70. The van der Waals surface area contributed by atoms with Crippen molar-refractivity contribution in [3.63, 3.8) is 0 Å². The van der Waals surface area contributed by atoms with Gasteiger partial charge >= 0.3 is 0 Å². The van der Waals surface area contributed by atoms with E-state index < -0.39 is 5.60 Å². The number of halogens is 2. The Morgan fingerprint density at radius 1 is 1.05 bits per heavy atom. The zero-order valence-electron chi connectivity index (χ0n) is 11.8. The van der Waals surface area contributed by atoms with Gasteiger partial charge in [-0.15, -0.1) is 22.7 Å². The Bertz CT molecular complexity index is 776. The van der Waals surface area contributed by atoms with E-state index in [1.807, 2.05) is 41.9 Å². The Labute approximate surface area is 147 Å². The van der Waals surface area contributed by atoms with Crippen molar-refractivity contribution in [1.82, 2.24) is 0 Å². The Hall–Kier alpha value is -0.840. The molecule has 3 rings (SSSR count). The first-order valence-corrected chi connectivity index (χ1v) is 9.27. The molecule has 0 amide bonds. The number of thiophene rings is 2. The van der Waals surface area contributed by atoms with E-state index in [0.717, 1.165) is 16.0 Å². The van der Waals surface area contributed by atoms with E-state index in [0.29, 0.717) is 16.5 Å². The quantitative estimate of drug-likeness (QED) is 0.578. The van der Waals surface area contributed by atoms with Crippen LogP contribution in [0.1, 0.15) is 18.1 Å². The second kappa shape index (κ2) is 6.34. The maximum Gasteiger partial charge on any atom is 0.0923 e. The van der Waals surface area contributed by atoms with Crippen LogP contribution in [0.4, 0.5) is 0 Å². The normalized spacial score (nSPS) is 14.0. The fraction of sp³-hybridized carbons (Fsp3) is 0.176. The molecule has 2 heterocycles. The van der Waals surface area contributed by atoms with Crippen molar-refractivity contribution < 1.29 is 5.11 Å². The second-order valence-electron chi connectivity index (χ2n) is 5.34. The monoisotopic (exact) mass is 368 g/mol. The number of hydrogen-bond donors (Lipinski definition) is 1. The Morgan fingerprint density at radius 2 is 1.86 bits per heavy atom. The molecular formula is C17H14Cl2OS2. The van der Waals surface area contributed by atoms with E-state index in [2.05, 4.69) is 6.07 Å². The number of hydrogen-bond acceptors (Lipinski definition) is 3. The predicted octanol–water partition coefficient (Wildman–Crippen LogP) is 6.23. The minimum atomic E-state index is -0.962. The van der Waals surface area contributed by atoms with E-state index in [1.165, 1.54) is 4.88 Å². The van der Waals surface area contributed by atoms with Crippen molar-refractivity contribution in [2.24, 2.45) is 0 Å². The molecule has 1 nitrogen and oxygen atoms in total. The Balaban J connectivity index is 1.93. The molecule has 2 aromatic heterocycles. The molecule has 1 unspecified atom stereocenters. The summed E-state index contributed by atoms with van der Waals surface area (Å²) in [6.45, 7) is 1.84. The maximum absolute atomic E-state index is 11.0. The van der Waals surface area contributed by atoms with Crippen molar-refractivity contribution in [2.45, 2.75) is 18.9 Å². The highest BCUT2D eigenvalue weighted by Crippen LogP contribution is 2.40. The molecule has 3 aromatic rings. The van der Waals surface area contributed by atoms with Gasteiger partial charge in [0, 0.05) is 16.9 Å². The highest BCUT2D eigenvalue weighted by molar-refractivity contribution is 7.20. The topological polar surface area (TPSA) is 20.2 Å². The third-order valence-corrected chi connectivity index (χ3v) is 6.23. The molecule has 0 saturated carbocycles. The lowest BCUT2D eigenvalue weighted by molar-refractivity contribution is 0.0586. The van der Waals surface area contributed by atoms with Crippen molar-refractivity contribution in [3.8, 4) is 9.75 Å². The van der Waals surface area contributed by atoms with Crippen LogP contribution >= 0.6 is 45.9 Å². The molecule has 0 spiro atoms. The third-order valence-electron chi connectivity index (χ3n) is 3.52. The molecule has 1 aromatic carbocycles. The summed E-state index contributed by atoms with van der Waals surface area (Å²) in [4.78, 5) is 2.31. The molecule has 0 aliphatic rings. The van der Waals surface area contributed by atoms with E-state index >= 15 is 0 Å². The summed E-state index contributed by atoms with van der Waals surface area (Å²) < 4.78 is 0. The molecule has 0 aliphatic heterocycles. The number of benzene rings is 1. The third kappa shape index (κ3) is 3.24. The summed E-state index contributed by atoms with van der Waals surface area (Å²) in [5.74, 6) is 0. The SMILES string of the molecule is CC(O)(Cc1ccc(Cl)c(Cl)c1)c1ccsc1-c1cccs1. The Morgan fingerprint density at radius 3 is 2.55 bits per heavy atom. The van der Waals surface area contributed by atoms with E-state index in [4.69, 9.17) is 23.2 Å². The minimum Gasteiger partial charge on any atom is -0.385 e. The zero-order chi connectivity index (χ0) is 15.7. The standard InChI is InChI=1S/C17H14Cl2OS2/c1-17(20,10-11-4-5-13(18)14(19)9-11)12-6-8-22-16(12)15-3-2-7-21-15/h2-9,20H,10H2,1H3. The van der Waals surface area contributed by atoms with Crippen molar-refractivity contribution >= 4 is 45.9 Å². The van der Waals surface area contributed by atoms with Gasteiger partial charge in [-0.25, -0.2) is 0 Å². The molecule has 0 fully saturated rings. The van der Waals surface area contributed by atoms with Crippen LogP contribution in [0.3, 0.4) is 0 Å². The summed E-state index contributed by atoms with van der Waals surface area (Å²) in [7, 11) is 0. The second-order valence-corrected chi connectivity index (χ2v) is 8.02. The average Bonchev–Trinajstić information content (AvgIpc) is 3.12. The van der Waals surface area contributed by atoms with Crippen LogP contribution < -0.4 is 0 Å². The van der Waals surface area contributed by atoms with Crippen molar-refractivity contribution in [3.05, 3.63) is 68.3 Å². The Kier molecular flexibility index (Phi) is 4.62. The lowest BCUT2D eigenvalue weighted by Crippen LogP contribution is -2.24. The first-order chi connectivity index (χ1) is 10.5. The lowest BCUT2D eigenvalue weighted by atomic mass is 9.89. The predicted molar refractivity (Wildman–Crippen MR) is 97.4 cm³/mol. The summed E-state index contributed by atoms with van der Waals surface area (Å²) in [6, 6.07) is 11.6. The number of aliphatic hydroxyl groups is 1. The van der Waals surface area contributed by atoms with Crippen LogP contribution in [-0.2, 0) is 12.0 Å². The molecule has 5 heteroatoms. The molecule has 22 heavy (non-hydrogen) atoms. The van der Waals surface area contributed by atoms with E-state index in [1.54, 1.807) is 28.7 Å². The maximum atomic E-state index is 11.0. The van der Waals surface area contributed by atoms with Gasteiger partial charge in [-0.05, 0) is 47.5 Å². The summed E-state index contributed by atoms with van der Waals surface area (Å²) in [5, 5.41) is 16.1. The van der Waals surface area contributed by atoms with Gasteiger partial charge in [0.15, 0.2) is 0 Å². The van der Waals surface area contributed by atoms with Crippen molar-refractivity contribution in [2.75, 3.05) is 0 Å². The first-order valence-electron chi connectivity index (χ1n) is 6.75. The zero-order valence-corrected chi connectivity index (χ0v) is 15.0. The highest BCUT2D eigenvalue weighted by atomic mass is 35.5. The minimum absolute atomic E-state index is 0.485. The van der Waals surface area contributed by atoms with Crippen molar-refractivity contribution in [1.29, 1.82) is 0 Å². The molecule has 1 atom stereocenters. The van der Waals surface area contributed by atoms with Crippen LogP contribution in [0.5, 0.6) is 0 Å². The molecule has 0 radical (unpaired) electrons. The van der Waals surface area contributed by atoms with Crippen LogP contribution in [0, 0.1) is 0 Å². The molecule has 0 bridgehead atoms. The van der Waals surface area contributed by atoms with E-state index in [-0.39, 0.29) is 0 Å². The lowest BCUT2D eigenvalue weighted by Gasteiger charge is -2.24. The summed E-state index contributed by atoms with van der Waals surface area (Å²) in [6.07, 6.45) is 0.485. The molecule has 0 saturated heterocycles. The largest absolute Gasteiger partial charge is 0.385 e. The van der Waals surface area contributed by atoms with Crippen LogP contribution in [0.2, 0.25) is 10.0 Å². The molecule has 1 N–H and O–H groups in total. The van der Waals surface area contributed by atoms with Gasteiger partial charge in [0.1, 0.15) is 0 Å². The van der Waals surface area contributed by atoms with Crippen LogP contribution in [-0.4, -0.2) is 5.11 Å². The van der Waals surface area contributed by atoms with Gasteiger partial charge in [0.05, 0.1) is 20.5 Å². The van der Waals surface area contributed by atoms with Crippen LogP contribution in [0.25, 0.3) is 9.75 Å². The molecule has 114 valence electrons. The van der Waals surface area contributed by atoms with Gasteiger partial charge < -0.3 is 5.11 Å². The highest BCUT2D eigenvalue weighted by Gasteiger charge is 2.28. The average molecular weight is 369 g/mol. The summed E-state index contributed by atoms with van der Waals surface area (Å²) in [5.41, 5.74) is 0.949. The summed E-state index contributed by atoms with van der Waals surface area (Å²) >= 11 is 15.4.